The third-order valence-electron chi connectivity index (χ3n) is 3.05. The summed E-state index contributed by atoms with van der Waals surface area (Å²) in [7, 11) is 0. The van der Waals surface area contributed by atoms with Crippen LogP contribution in [0.3, 0.4) is 0 Å². The van der Waals surface area contributed by atoms with Gasteiger partial charge in [0.15, 0.2) is 0 Å². The molecule has 0 aliphatic rings. The molecule has 0 radical (unpaired) electrons. The van der Waals surface area contributed by atoms with Gasteiger partial charge in [-0.3, -0.25) is 0 Å². The number of aryl methyl sites for hydroxylation is 1. The van der Waals surface area contributed by atoms with Gasteiger partial charge in [-0.25, -0.2) is 4.39 Å². The lowest BCUT2D eigenvalue weighted by atomic mass is 10.0. The summed E-state index contributed by atoms with van der Waals surface area (Å²) in [5.41, 5.74) is 8.19. The van der Waals surface area contributed by atoms with Crippen molar-refractivity contribution >= 4 is 23.4 Å². The van der Waals surface area contributed by atoms with E-state index in [4.69, 9.17) is 17.3 Å². The summed E-state index contributed by atoms with van der Waals surface area (Å²) in [6.07, 6.45) is 0.678. The maximum Gasteiger partial charge on any atom is 0.123 e. The molecule has 0 bridgehead atoms. The predicted octanol–water partition coefficient (Wildman–Crippen LogP) is 4.45. The monoisotopic (exact) mass is 309 g/mol. The molecule has 2 N–H and O–H groups in total. The molecule has 1 nitrogen and oxygen atoms in total. The van der Waals surface area contributed by atoms with Gasteiger partial charge in [0.25, 0.3) is 0 Å². The van der Waals surface area contributed by atoms with Crippen molar-refractivity contribution < 1.29 is 4.39 Å². The Morgan fingerprint density at radius 1 is 1.25 bits per heavy atom. The third-order valence-corrected chi connectivity index (χ3v) is 4.47. The van der Waals surface area contributed by atoms with Gasteiger partial charge in [0.1, 0.15) is 5.82 Å². The van der Waals surface area contributed by atoms with Crippen LogP contribution in [-0.4, -0.2) is 11.8 Å². The lowest BCUT2D eigenvalue weighted by molar-refractivity contribution is 0.622. The Morgan fingerprint density at radius 2 is 2.05 bits per heavy atom. The normalized spacial score (nSPS) is 12.4. The van der Waals surface area contributed by atoms with Crippen molar-refractivity contribution in [1.29, 1.82) is 0 Å². The molecule has 4 heteroatoms. The maximum absolute atomic E-state index is 13.2. The molecule has 2 aromatic carbocycles. The zero-order valence-electron chi connectivity index (χ0n) is 11.3. The van der Waals surface area contributed by atoms with E-state index < -0.39 is 0 Å². The Kier molecular flexibility index (Phi) is 5.46. The van der Waals surface area contributed by atoms with Crippen molar-refractivity contribution in [1.82, 2.24) is 0 Å². The third kappa shape index (κ3) is 4.51. The summed E-state index contributed by atoms with van der Waals surface area (Å²) in [5, 5.41) is 0.726. The zero-order valence-corrected chi connectivity index (χ0v) is 12.8. The van der Waals surface area contributed by atoms with E-state index in [0.717, 1.165) is 26.8 Å². The second kappa shape index (κ2) is 7.11. The first-order valence-electron chi connectivity index (χ1n) is 6.43. The minimum atomic E-state index is -0.208. The fourth-order valence-electron chi connectivity index (χ4n) is 1.96. The van der Waals surface area contributed by atoms with Crippen LogP contribution in [0.4, 0.5) is 4.39 Å². The summed E-state index contributed by atoms with van der Waals surface area (Å²) in [4.78, 5) is 1.10. The van der Waals surface area contributed by atoms with E-state index in [9.17, 15) is 4.39 Å². The largest absolute Gasteiger partial charge is 0.327 e. The Balaban J connectivity index is 1.92. The fourth-order valence-corrected chi connectivity index (χ4v) is 3.13. The summed E-state index contributed by atoms with van der Waals surface area (Å²) >= 11 is 7.61. The van der Waals surface area contributed by atoms with Gasteiger partial charge in [-0.05, 0) is 54.8 Å². The Hall–Kier alpha value is -1.03. The highest BCUT2D eigenvalue weighted by atomic mass is 35.5. The quantitative estimate of drug-likeness (QED) is 0.826. The Labute approximate surface area is 128 Å². The Morgan fingerprint density at radius 3 is 2.80 bits per heavy atom. The topological polar surface area (TPSA) is 26.0 Å². The minimum absolute atomic E-state index is 0.0144. The summed E-state index contributed by atoms with van der Waals surface area (Å²) in [6, 6.07) is 12.5. The molecule has 1 atom stereocenters. The van der Waals surface area contributed by atoms with Crippen LogP contribution in [0.15, 0.2) is 47.4 Å². The van der Waals surface area contributed by atoms with Gasteiger partial charge < -0.3 is 5.73 Å². The van der Waals surface area contributed by atoms with Crippen LogP contribution < -0.4 is 5.73 Å². The van der Waals surface area contributed by atoms with Gasteiger partial charge in [-0.15, -0.1) is 11.8 Å². The zero-order chi connectivity index (χ0) is 14.5. The average Bonchev–Trinajstić information content (AvgIpc) is 2.41. The molecule has 0 spiro atoms. The number of nitrogens with two attached hydrogens (primary N) is 1. The lowest BCUT2D eigenvalue weighted by Crippen LogP contribution is -2.26. The van der Waals surface area contributed by atoms with Gasteiger partial charge in [-0.2, -0.15) is 0 Å². The first-order chi connectivity index (χ1) is 9.54. The summed E-state index contributed by atoms with van der Waals surface area (Å²) < 4.78 is 13.2. The molecule has 0 amide bonds. The van der Waals surface area contributed by atoms with Crippen LogP contribution >= 0.6 is 23.4 Å². The van der Waals surface area contributed by atoms with E-state index in [-0.39, 0.29) is 11.9 Å². The van der Waals surface area contributed by atoms with Crippen molar-refractivity contribution in [3.05, 3.63) is 64.4 Å². The highest BCUT2D eigenvalue weighted by molar-refractivity contribution is 7.99. The van der Waals surface area contributed by atoms with Crippen molar-refractivity contribution in [3.8, 4) is 0 Å². The summed E-state index contributed by atoms with van der Waals surface area (Å²) in [5.74, 6) is 0.566. The van der Waals surface area contributed by atoms with Crippen molar-refractivity contribution in [2.75, 3.05) is 5.75 Å². The van der Waals surface area contributed by atoms with E-state index >= 15 is 0 Å². The van der Waals surface area contributed by atoms with Crippen LogP contribution in [0.5, 0.6) is 0 Å². The lowest BCUT2D eigenvalue weighted by Gasteiger charge is -2.13. The van der Waals surface area contributed by atoms with E-state index in [2.05, 4.69) is 0 Å². The van der Waals surface area contributed by atoms with Crippen LogP contribution in [0.2, 0.25) is 5.02 Å². The number of halogens is 2. The van der Waals surface area contributed by atoms with E-state index in [1.165, 1.54) is 6.07 Å². The van der Waals surface area contributed by atoms with Crippen molar-refractivity contribution in [2.45, 2.75) is 24.3 Å². The molecule has 0 fully saturated rings. The molecule has 20 heavy (non-hydrogen) atoms. The van der Waals surface area contributed by atoms with Crippen LogP contribution in [0.1, 0.15) is 11.1 Å². The summed E-state index contributed by atoms with van der Waals surface area (Å²) in [6.45, 7) is 1.98. The highest BCUT2D eigenvalue weighted by Gasteiger charge is 2.08. The molecule has 1 unspecified atom stereocenters. The van der Waals surface area contributed by atoms with Crippen LogP contribution in [0.25, 0.3) is 0 Å². The molecule has 0 saturated heterocycles. The van der Waals surface area contributed by atoms with Gasteiger partial charge >= 0.3 is 0 Å². The fraction of sp³-hybridized carbons (Fsp3) is 0.250. The molecule has 0 saturated carbocycles. The first kappa shape index (κ1) is 15.4. The molecule has 2 rings (SSSR count). The predicted molar refractivity (Wildman–Crippen MR) is 85.0 cm³/mol. The smallest absolute Gasteiger partial charge is 0.123 e. The minimum Gasteiger partial charge on any atom is -0.327 e. The molecular weight excluding hydrogens is 293 g/mol. The van der Waals surface area contributed by atoms with E-state index in [0.29, 0.717) is 6.42 Å². The Bertz CT molecular complexity index is 588. The van der Waals surface area contributed by atoms with E-state index in [1.54, 1.807) is 23.9 Å². The highest BCUT2D eigenvalue weighted by Crippen LogP contribution is 2.23. The second-order valence-electron chi connectivity index (χ2n) is 4.80. The molecule has 0 heterocycles. The van der Waals surface area contributed by atoms with Gasteiger partial charge in [0, 0.05) is 21.7 Å². The number of thioether (sulfide) groups is 1. The van der Waals surface area contributed by atoms with E-state index in [1.807, 2.05) is 31.2 Å². The molecule has 0 aliphatic heterocycles. The number of rotatable bonds is 5. The van der Waals surface area contributed by atoms with Crippen LogP contribution in [0, 0.1) is 12.7 Å². The van der Waals surface area contributed by atoms with Crippen molar-refractivity contribution in [3.63, 3.8) is 0 Å². The van der Waals surface area contributed by atoms with Gasteiger partial charge in [0.05, 0.1) is 0 Å². The molecule has 0 aliphatic carbocycles. The number of hydrogen-bond acceptors (Lipinski definition) is 2. The van der Waals surface area contributed by atoms with Gasteiger partial charge in [-0.1, -0.05) is 23.7 Å². The molecule has 0 aromatic heterocycles. The van der Waals surface area contributed by atoms with Crippen molar-refractivity contribution in [2.24, 2.45) is 5.73 Å². The molecular formula is C16H17ClFNS. The second-order valence-corrected chi connectivity index (χ2v) is 6.33. The SMILES string of the molecule is Cc1ccc(F)cc1CC(N)CSc1cccc(Cl)c1. The number of hydrogen-bond donors (Lipinski definition) is 1. The van der Waals surface area contributed by atoms with Gasteiger partial charge in [0.2, 0.25) is 0 Å². The molecule has 106 valence electrons. The van der Waals surface area contributed by atoms with Crippen LogP contribution in [-0.2, 0) is 6.42 Å². The molecule has 2 aromatic rings. The first-order valence-corrected chi connectivity index (χ1v) is 7.80. The average molecular weight is 310 g/mol. The maximum atomic E-state index is 13.2. The number of benzene rings is 2. The standard InChI is InChI=1S/C16H17ClFNS/c1-11-5-6-14(18)7-12(11)8-15(19)10-20-16-4-2-3-13(17)9-16/h2-7,9,15H,8,10,19H2,1H3.